The number of halogens is 1. The van der Waals surface area contributed by atoms with E-state index in [0.717, 1.165) is 0 Å². The van der Waals surface area contributed by atoms with Gasteiger partial charge in [0.2, 0.25) is 0 Å². The van der Waals surface area contributed by atoms with E-state index in [-0.39, 0.29) is 13.0 Å². The zero-order valence-electron chi connectivity index (χ0n) is 7.37. The summed E-state index contributed by atoms with van der Waals surface area (Å²) in [4.78, 5) is 10.2. The van der Waals surface area contributed by atoms with Gasteiger partial charge in [-0.2, -0.15) is 0 Å². The van der Waals surface area contributed by atoms with E-state index in [1.807, 2.05) is 0 Å². The summed E-state index contributed by atoms with van der Waals surface area (Å²) in [7, 11) is 0. The number of aliphatic carboxylic acids is 1. The fraction of sp³-hybridized carbons (Fsp3) is 0.222. The van der Waals surface area contributed by atoms with E-state index in [1.165, 1.54) is 0 Å². The van der Waals surface area contributed by atoms with Crippen LogP contribution < -0.4 is 10.5 Å². The van der Waals surface area contributed by atoms with Crippen LogP contribution in [0.2, 0.25) is 5.02 Å². The van der Waals surface area contributed by atoms with Gasteiger partial charge >= 0.3 is 5.97 Å². The molecule has 0 aliphatic rings. The van der Waals surface area contributed by atoms with E-state index in [4.69, 9.17) is 27.2 Å². The highest BCUT2D eigenvalue weighted by atomic mass is 35.5. The van der Waals surface area contributed by atoms with E-state index in [2.05, 4.69) is 0 Å². The van der Waals surface area contributed by atoms with Gasteiger partial charge in [0.05, 0.1) is 18.7 Å². The van der Waals surface area contributed by atoms with Crippen molar-refractivity contribution in [3.63, 3.8) is 0 Å². The molecule has 14 heavy (non-hydrogen) atoms. The molecule has 0 atom stereocenters. The Morgan fingerprint density at radius 3 is 2.93 bits per heavy atom. The van der Waals surface area contributed by atoms with Crippen molar-refractivity contribution in [3.8, 4) is 5.75 Å². The number of ether oxygens (including phenoxy) is 1. The van der Waals surface area contributed by atoms with Crippen LogP contribution in [0.25, 0.3) is 0 Å². The van der Waals surface area contributed by atoms with Gasteiger partial charge in [-0.05, 0) is 12.1 Å². The lowest BCUT2D eigenvalue weighted by atomic mass is 10.3. The first kappa shape index (κ1) is 10.7. The molecule has 3 N–H and O–H groups in total. The molecule has 0 saturated carbocycles. The van der Waals surface area contributed by atoms with Gasteiger partial charge in [-0.3, -0.25) is 4.79 Å². The largest absolute Gasteiger partial charge is 0.491 e. The SMILES string of the molecule is Nc1ccc(Cl)cc1OCCC(=O)O. The minimum atomic E-state index is -0.911. The van der Waals surface area contributed by atoms with Crippen molar-refractivity contribution in [3.05, 3.63) is 23.2 Å². The smallest absolute Gasteiger partial charge is 0.306 e. The Kier molecular flexibility index (Phi) is 3.59. The van der Waals surface area contributed by atoms with E-state index in [9.17, 15) is 4.79 Å². The summed E-state index contributed by atoms with van der Waals surface area (Å²) in [6.45, 7) is 0.0832. The first-order chi connectivity index (χ1) is 6.59. The number of carboxylic acid groups (broad SMARTS) is 1. The molecule has 0 heterocycles. The average Bonchev–Trinajstić information content (AvgIpc) is 2.10. The number of carboxylic acids is 1. The van der Waals surface area contributed by atoms with Crippen molar-refractivity contribution in [2.24, 2.45) is 0 Å². The molecule has 0 radical (unpaired) electrons. The third kappa shape index (κ3) is 3.14. The summed E-state index contributed by atoms with van der Waals surface area (Å²) < 4.78 is 5.14. The second-order valence-electron chi connectivity index (χ2n) is 2.67. The van der Waals surface area contributed by atoms with Crippen LogP contribution in [0.1, 0.15) is 6.42 Å². The quantitative estimate of drug-likeness (QED) is 0.751. The predicted molar refractivity (Wildman–Crippen MR) is 53.6 cm³/mol. The average molecular weight is 216 g/mol. The van der Waals surface area contributed by atoms with E-state index >= 15 is 0 Å². The van der Waals surface area contributed by atoms with Crippen molar-refractivity contribution in [1.29, 1.82) is 0 Å². The van der Waals surface area contributed by atoms with Crippen LogP contribution in [0.3, 0.4) is 0 Å². The fourth-order valence-electron chi connectivity index (χ4n) is 0.882. The van der Waals surface area contributed by atoms with Gasteiger partial charge in [0.25, 0.3) is 0 Å². The zero-order chi connectivity index (χ0) is 10.6. The first-order valence-electron chi connectivity index (χ1n) is 3.99. The second kappa shape index (κ2) is 4.72. The Hall–Kier alpha value is -1.42. The number of hydrogen-bond donors (Lipinski definition) is 2. The normalized spacial score (nSPS) is 9.79. The standard InChI is InChI=1S/C9H10ClNO3/c10-6-1-2-7(11)8(5-6)14-4-3-9(12)13/h1-2,5H,3-4,11H2,(H,12,13). The minimum Gasteiger partial charge on any atom is -0.491 e. The molecule has 76 valence electrons. The lowest BCUT2D eigenvalue weighted by Gasteiger charge is -2.07. The van der Waals surface area contributed by atoms with Gasteiger partial charge in [0.15, 0.2) is 0 Å². The molecule has 5 heteroatoms. The van der Waals surface area contributed by atoms with Gasteiger partial charge in [-0.25, -0.2) is 0 Å². The highest BCUT2D eigenvalue weighted by molar-refractivity contribution is 6.30. The molecular formula is C9H10ClNO3. The lowest BCUT2D eigenvalue weighted by Crippen LogP contribution is -2.05. The highest BCUT2D eigenvalue weighted by Gasteiger charge is 2.02. The number of hydrogen-bond acceptors (Lipinski definition) is 3. The number of carbonyl (C=O) groups is 1. The van der Waals surface area contributed by atoms with E-state index in [1.54, 1.807) is 18.2 Å². The molecule has 1 aromatic carbocycles. The summed E-state index contributed by atoms with van der Waals surface area (Å²) in [5, 5.41) is 8.88. The zero-order valence-corrected chi connectivity index (χ0v) is 8.12. The molecule has 0 fully saturated rings. The van der Waals surface area contributed by atoms with Crippen molar-refractivity contribution in [2.45, 2.75) is 6.42 Å². The summed E-state index contributed by atoms with van der Waals surface area (Å²) in [6, 6.07) is 4.80. The van der Waals surface area contributed by atoms with Gasteiger partial charge in [-0.1, -0.05) is 11.6 Å². The number of nitrogen functional groups attached to an aromatic ring is 1. The molecule has 0 aliphatic heterocycles. The third-order valence-electron chi connectivity index (χ3n) is 1.55. The molecule has 0 unspecified atom stereocenters. The van der Waals surface area contributed by atoms with Gasteiger partial charge < -0.3 is 15.6 Å². The van der Waals surface area contributed by atoms with Crippen LogP contribution in [0, 0.1) is 0 Å². The summed E-state index contributed by atoms with van der Waals surface area (Å²) in [5.41, 5.74) is 6.02. The fourth-order valence-corrected chi connectivity index (χ4v) is 1.04. The van der Waals surface area contributed by atoms with E-state index in [0.29, 0.717) is 16.5 Å². The van der Waals surface area contributed by atoms with Crippen LogP contribution >= 0.6 is 11.6 Å². The Morgan fingerprint density at radius 2 is 2.29 bits per heavy atom. The van der Waals surface area contributed by atoms with E-state index < -0.39 is 5.97 Å². The monoisotopic (exact) mass is 215 g/mol. The Morgan fingerprint density at radius 1 is 1.57 bits per heavy atom. The van der Waals surface area contributed by atoms with Crippen molar-refractivity contribution in [1.82, 2.24) is 0 Å². The highest BCUT2D eigenvalue weighted by Crippen LogP contribution is 2.25. The first-order valence-corrected chi connectivity index (χ1v) is 4.37. The topological polar surface area (TPSA) is 72.5 Å². The van der Waals surface area contributed by atoms with Crippen LogP contribution in [0.5, 0.6) is 5.75 Å². The number of rotatable bonds is 4. The summed E-state index contributed by atoms with van der Waals surface area (Å²) in [5.74, 6) is -0.496. The lowest BCUT2D eigenvalue weighted by molar-refractivity contribution is -0.137. The molecule has 0 spiro atoms. The molecule has 0 bridgehead atoms. The van der Waals surface area contributed by atoms with Crippen molar-refractivity contribution < 1.29 is 14.6 Å². The van der Waals surface area contributed by atoms with Crippen LogP contribution in [0.15, 0.2) is 18.2 Å². The summed E-state index contributed by atoms with van der Waals surface area (Å²) >= 11 is 5.71. The maximum Gasteiger partial charge on any atom is 0.306 e. The Balaban J connectivity index is 2.57. The molecular weight excluding hydrogens is 206 g/mol. The maximum absolute atomic E-state index is 10.2. The molecule has 4 nitrogen and oxygen atoms in total. The van der Waals surface area contributed by atoms with Crippen LogP contribution in [-0.2, 0) is 4.79 Å². The van der Waals surface area contributed by atoms with Gasteiger partial charge in [0, 0.05) is 11.1 Å². The Bertz CT molecular complexity index is 341. The van der Waals surface area contributed by atoms with Crippen LogP contribution in [0.4, 0.5) is 5.69 Å². The second-order valence-corrected chi connectivity index (χ2v) is 3.11. The minimum absolute atomic E-state index is 0.0635. The molecule has 1 rings (SSSR count). The van der Waals surface area contributed by atoms with Gasteiger partial charge in [-0.15, -0.1) is 0 Å². The summed E-state index contributed by atoms with van der Waals surface area (Å²) in [6.07, 6.45) is -0.0635. The Labute approximate surface area is 86.2 Å². The van der Waals surface area contributed by atoms with Crippen LogP contribution in [-0.4, -0.2) is 17.7 Å². The molecule has 0 amide bonds. The number of nitrogens with two attached hydrogens (primary N) is 1. The number of benzene rings is 1. The van der Waals surface area contributed by atoms with Crippen molar-refractivity contribution >= 4 is 23.3 Å². The van der Waals surface area contributed by atoms with Crippen molar-refractivity contribution in [2.75, 3.05) is 12.3 Å². The molecule has 0 aliphatic carbocycles. The third-order valence-corrected chi connectivity index (χ3v) is 1.78. The maximum atomic E-state index is 10.2. The molecule has 0 aromatic heterocycles. The predicted octanol–water partition coefficient (Wildman–Crippen LogP) is 1.78. The van der Waals surface area contributed by atoms with Gasteiger partial charge in [0.1, 0.15) is 5.75 Å². The number of anilines is 1. The molecule has 1 aromatic rings. The molecule has 0 saturated heterocycles.